The molecule has 2 amide bonds. The minimum atomic E-state index is -1.09. The van der Waals surface area contributed by atoms with Crippen LogP contribution in [-0.2, 0) is 4.79 Å². The van der Waals surface area contributed by atoms with Crippen molar-refractivity contribution in [2.75, 3.05) is 0 Å². The van der Waals surface area contributed by atoms with Gasteiger partial charge in [0.25, 0.3) is 11.8 Å². The summed E-state index contributed by atoms with van der Waals surface area (Å²) in [6.45, 7) is 3.16. The molecule has 2 aromatic rings. The van der Waals surface area contributed by atoms with Gasteiger partial charge in [-0.1, -0.05) is 30.0 Å². The van der Waals surface area contributed by atoms with Crippen molar-refractivity contribution in [1.82, 2.24) is 10.8 Å². The van der Waals surface area contributed by atoms with Crippen molar-refractivity contribution in [2.45, 2.75) is 25.4 Å². The van der Waals surface area contributed by atoms with Crippen LogP contribution in [0.25, 0.3) is 0 Å². The smallest absolute Gasteiger partial charge is 0.267 e. The van der Waals surface area contributed by atoms with Gasteiger partial charge in [0.15, 0.2) is 0 Å². The lowest BCUT2D eigenvalue weighted by atomic mass is 9.95. The average Bonchev–Trinajstić information content (AvgIpc) is 2.64. The molecule has 0 unspecified atom stereocenters. The third kappa shape index (κ3) is 5.18. The third-order valence-electron chi connectivity index (χ3n) is 3.66. The zero-order chi connectivity index (χ0) is 19.2. The van der Waals surface area contributed by atoms with Crippen LogP contribution in [-0.4, -0.2) is 28.6 Å². The second-order valence-electron chi connectivity index (χ2n) is 6.40. The van der Waals surface area contributed by atoms with Crippen LogP contribution >= 0.6 is 0 Å². The van der Waals surface area contributed by atoms with Gasteiger partial charge in [0.05, 0.1) is 0 Å². The van der Waals surface area contributed by atoms with Crippen molar-refractivity contribution in [3.8, 4) is 11.8 Å². The molecule has 134 valence electrons. The van der Waals surface area contributed by atoms with E-state index in [1.807, 2.05) is 30.3 Å². The van der Waals surface area contributed by atoms with Crippen molar-refractivity contribution >= 4 is 11.8 Å². The van der Waals surface area contributed by atoms with E-state index in [-0.39, 0.29) is 0 Å². The Morgan fingerprint density at radius 1 is 1.00 bits per heavy atom. The summed E-state index contributed by atoms with van der Waals surface area (Å²) in [5.74, 6) is 4.80. The second kappa shape index (κ2) is 8.30. The number of carbonyl (C=O) groups is 2. The highest BCUT2D eigenvalue weighted by molar-refractivity contribution is 5.97. The number of carbonyl (C=O) groups excluding carboxylic acids is 2. The molecule has 6 heteroatoms. The number of hydrogen-bond acceptors (Lipinski definition) is 4. The number of hydrogen-bond donors (Lipinski definition) is 4. The van der Waals surface area contributed by atoms with Gasteiger partial charge in [-0.2, -0.15) is 0 Å². The van der Waals surface area contributed by atoms with Crippen LogP contribution < -0.4 is 16.5 Å². The lowest BCUT2D eigenvalue weighted by Crippen LogP contribution is -2.61. The molecule has 5 N–H and O–H groups in total. The Balaban J connectivity index is 2.11. The Hall–Kier alpha value is -3.14. The van der Waals surface area contributed by atoms with Gasteiger partial charge >= 0.3 is 0 Å². The van der Waals surface area contributed by atoms with E-state index >= 15 is 0 Å². The number of hydroxylamine groups is 1. The van der Waals surface area contributed by atoms with Gasteiger partial charge in [-0.15, -0.1) is 0 Å². The van der Waals surface area contributed by atoms with E-state index < -0.39 is 23.4 Å². The third-order valence-corrected chi connectivity index (χ3v) is 3.66. The molecule has 0 spiro atoms. The van der Waals surface area contributed by atoms with E-state index in [1.54, 1.807) is 38.1 Å². The Bertz CT molecular complexity index is 829. The lowest BCUT2D eigenvalue weighted by molar-refractivity contribution is -0.132. The fraction of sp³-hybridized carbons (Fsp3) is 0.200. The molecule has 2 rings (SSSR count). The van der Waals surface area contributed by atoms with Gasteiger partial charge in [-0.05, 0) is 50.2 Å². The van der Waals surface area contributed by atoms with Crippen LogP contribution in [0.3, 0.4) is 0 Å². The first-order valence-electron chi connectivity index (χ1n) is 8.02. The van der Waals surface area contributed by atoms with Crippen LogP contribution in [0.5, 0.6) is 0 Å². The van der Waals surface area contributed by atoms with Crippen LogP contribution in [0.15, 0.2) is 54.6 Å². The molecule has 1 atom stereocenters. The second-order valence-corrected chi connectivity index (χ2v) is 6.40. The summed E-state index contributed by atoms with van der Waals surface area (Å²) in [5.41, 5.74) is 8.38. The maximum Gasteiger partial charge on any atom is 0.267 e. The summed E-state index contributed by atoms with van der Waals surface area (Å²) >= 11 is 0. The van der Waals surface area contributed by atoms with Crippen LogP contribution in [0.1, 0.15) is 35.3 Å². The SMILES string of the molecule is CC(C)(N)[C@H](NC(=O)c1ccc(C#Cc2ccccc2)cc1)C(=O)NO. The molecular formula is C20H21N3O3. The number of rotatable bonds is 4. The van der Waals surface area contributed by atoms with Gasteiger partial charge in [-0.25, -0.2) is 5.48 Å². The molecule has 0 aliphatic heterocycles. The molecule has 0 radical (unpaired) electrons. The average molecular weight is 351 g/mol. The monoisotopic (exact) mass is 351 g/mol. The molecule has 2 aromatic carbocycles. The van der Waals surface area contributed by atoms with Gasteiger partial charge < -0.3 is 11.1 Å². The highest BCUT2D eigenvalue weighted by Gasteiger charge is 2.33. The molecule has 0 heterocycles. The fourth-order valence-electron chi connectivity index (χ4n) is 2.24. The zero-order valence-electron chi connectivity index (χ0n) is 14.6. The predicted octanol–water partition coefficient (Wildman–Crippen LogP) is 1.43. The Kier molecular flexibility index (Phi) is 6.12. The van der Waals surface area contributed by atoms with Crippen molar-refractivity contribution in [3.63, 3.8) is 0 Å². The minimum absolute atomic E-state index is 0.357. The maximum atomic E-state index is 12.3. The highest BCUT2D eigenvalue weighted by Crippen LogP contribution is 2.09. The fourth-order valence-corrected chi connectivity index (χ4v) is 2.24. The number of nitrogens with one attached hydrogen (secondary N) is 2. The van der Waals surface area contributed by atoms with Crippen molar-refractivity contribution in [1.29, 1.82) is 0 Å². The molecular weight excluding hydrogens is 330 g/mol. The Labute approximate surface area is 152 Å². The number of benzene rings is 2. The Morgan fingerprint density at radius 3 is 2.04 bits per heavy atom. The topological polar surface area (TPSA) is 104 Å². The van der Waals surface area contributed by atoms with Crippen LogP contribution in [0.4, 0.5) is 0 Å². The molecule has 0 fully saturated rings. The number of amides is 2. The van der Waals surface area contributed by atoms with E-state index in [9.17, 15) is 9.59 Å². The quantitative estimate of drug-likeness (QED) is 0.380. The minimum Gasteiger partial charge on any atom is -0.338 e. The van der Waals surface area contributed by atoms with Crippen LogP contribution in [0, 0.1) is 11.8 Å². The molecule has 0 saturated carbocycles. The summed E-state index contributed by atoms with van der Waals surface area (Å²) in [5, 5.41) is 11.3. The largest absolute Gasteiger partial charge is 0.338 e. The van der Waals surface area contributed by atoms with Crippen LogP contribution in [0.2, 0.25) is 0 Å². The normalized spacial score (nSPS) is 11.7. The standard InChI is InChI=1S/C20H21N3O3/c1-20(2,21)17(19(25)23-26)22-18(24)16-12-10-15(11-13-16)9-8-14-6-4-3-5-7-14/h3-7,10-13,17,26H,21H2,1-2H3,(H,22,24)(H,23,25)/t17-/m1/s1. The van der Waals surface area contributed by atoms with E-state index in [0.717, 1.165) is 11.1 Å². The molecule has 0 aromatic heterocycles. The van der Waals surface area contributed by atoms with Gasteiger partial charge in [-0.3, -0.25) is 14.8 Å². The van der Waals surface area contributed by atoms with E-state index in [4.69, 9.17) is 10.9 Å². The molecule has 6 nitrogen and oxygen atoms in total. The molecule has 0 saturated heterocycles. The highest BCUT2D eigenvalue weighted by atomic mass is 16.5. The predicted molar refractivity (Wildman–Crippen MR) is 98.3 cm³/mol. The Morgan fingerprint density at radius 2 is 1.54 bits per heavy atom. The number of nitrogens with two attached hydrogens (primary N) is 1. The maximum absolute atomic E-state index is 12.3. The van der Waals surface area contributed by atoms with Gasteiger partial charge in [0, 0.05) is 22.2 Å². The van der Waals surface area contributed by atoms with E-state index in [2.05, 4.69) is 17.2 Å². The van der Waals surface area contributed by atoms with Crippen molar-refractivity contribution in [2.24, 2.45) is 5.73 Å². The van der Waals surface area contributed by atoms with Gasteiger partial charge in [0.1, 0.15) is 6.04 Å². The molecule has 0 aliphatic carbocycles. The van der Waals surface area contributed by atoms with Gasteiger partial charge in [0.2, 0.25) is 0 Å². The summed E-state index contributed by atoms with van der Waals surface area (Å²) < 4.78 is 0. The van der Waals surface area contributed by atoms with Crippen molar-refractivity contribution < 1.29 is 14.8 Å². The molecule has 26 heavy (non-hydrogen) atoms. The summed E-state index contributed by atoms with van der Waals surface area (Å²) in [6, 6.07) is 15.2. The summed E-state index contributed by atoms with van der Waals surface area (Å²) in [7, 11) is 0. The first-order valence-corrected chi connectivity index (χ1v) is 8.02. The summed E-state index contributed by atoms with van der Waals surface area (Å²) in [6.07, 6.45) is 0. The first kappa shape index (κ1) is 19.2. The molecule has 0 bridgehead atoms. The first-order chi connectivity index (χ1) is 12.3. The van der Waals surface area contributed by atoms with E-state index in [0.29, 0.717) is 5.56 Å². The zero-order valence-corrected chi connectivity index (χ0v) is 14.6. The summed E-state index contributed by atoms with van der Waals surface area (Å²) in [4.78, 5) is 24.1. The van der Waals surface area contributed by atoms with E-state index in [1.165, 1.54) is 5.48 Å². The molecule has 0 aliphatic rings. The van der Waals surface area contributed by atoms with Crippen molar-refractivity contribution in [3.05, 3.63) is 71.3 Å². The lowest BCUT2D eigenvalue weighted by Gasteiger charge is -2.29.